The molecule has 8 nitrogen and oxygen atoms in total. The van der Waals surface area contributed by atoms with Gasteiger partial charge in [-0.1, -0.05) is 35.9 Å². The van der Waals surface area contributed by atoms with Crippen molar-refractivity contribution < 1.29 is 22.8 Å². The molecule has 0 spiro atoms. The highest BCUT2D eigenvalue weighted by molar-refractivity contribution is 7.92. The predicted octanol–water partition coefficient (Wildman–Crippen LogP) is 4.17. The monoisotopic (exact) mass is 440 g/mol. The van der Waals surface area contributed by atoms with E-state index in [0.717, 1.165) is 5.56 Å². The number of anilines is 1. The van der Waals surface area contributed by atoms with Gasteiger partial charge in [-0.2, -0.15) is 0 Å². The lowest BCUT2D eigenvalue weighted by Crippen LogP contribution is -2.31. The van der Waals surface area contributed by atoms with Crippen LogP contribution in [0.15, 0.2) is 71.6 Å². The molecule has 1 aliphatic heterocycles. The maximum absolute atomic E-state index is 13.6. The Morgan fingerprint density at radius 2 is 1.77 bits per heavy atom. The predicted molar refractivity (Wildman–Crippen MR) is 114 cm³/mol. The second-order valence-corrected chi connectivity index (χ2v) is 8.98. The van der Waals surface area contributed by atoms with Crippen LogP contribution in [0.25, 0.3) is 0 Å². The van der Waals surface area contributed by atoms with E-state index in [1.165, 1.54) is 16.4 Å². The molecule has 0 N–H and O–H groups in total. The zero-order chi connectivity index (χ0) is 22.0. The summed E-state index contributed by atoms with van der Waals surface area (Å²) in [6.07, 6.45) is 0. The van der Waals surface area contributed by atoms with E-state index in [4.69, 9.17) is 9.47 Å². The molecule has 3 aromatic carbocycles. The molecular weight excluding hydrogens is 420 g/mol. The van der Waals surface area contributed by atoms with Crippen molar-refractivity contribution in [1.29, 1.82) is 0 Å². The molecule has 1 aliphatic rings. The van der Waals surface area contributed by atoms with Crippen LogP contribution in [-0.2, 0) is 27.9 Å². The number of sulfonamides is 1. The highest BCUT2D eigenvalue weighted by Crippen LogP contribution is 2.35. The first-order valence-corrected chi connectivity index (χ1v) is 11.0. The third kappa shape index (κ3) is 4.23. The highest BCUT2D eigenvalue weighted by atomic mass is 32.2. The molecule has 0 unspecified atom stereocenters. The third-order valence-electron chi connectivity index (χ3n) is 4.95. The van der Waals surface area contributed by atoms with Crippen molar-refractivity contribution >= 4 is 21.4 Å². The van der Waals surface area contributed by atoms with Gasteiger partial charge in [0.2, 0.25) is 0 Å². The van der Waals surface area contributed by atoms with Crippen LogP contribution >= 0.6 is 0 Å². The number of ether oxygens (including phenoxy) is 2. The number of fused-ring (bicyclic) bond motifs is 1. The lowest BCUT2D eigenvalue weighted by atomic mass is 10.1. The molecule has 0 bridgehead atoms. The van der Waals surface area contributed by atoms with Crippen LogP contribution in [0.4, 0.5) is 11.4 Å². The summed E-state index contributed by atoms with van der Waals surface area (Å²) in [5.74, 6) is 0.414. The average Bonchev–Trinajstić information content (AvgIpc) is 2.78. The molecule has 0 amide bonds. The number of nitro groups is 1. The molecule has 9 heteroatoms. The Hall–Kier alpha value is -3.43. The summed E-state index contributed by atoms with van der Waals surface area (Å²) < 4.78 is 39.2. The molecule has 0 atom stereocenters. The zero-order valence-electron chi connectivity index (χ0n) is 16.7. The molecule has 1 heterocycles. The van der Waals surface area contributed by atoms with E-state index in [9.17, 15) is 18.5 Å². The van der Waals surface area contributed by atoms with Crippen LogP contribution in [-0.4, -0.2) is 20.1 Å². The molecule has 0 fully saturated rings. The Labute approximate surface area is 179 Å². The standard InChI is InChI=1S/C22H20N2O6S/c1-16-7-9-21(10-8-16)31(27,28)23(19-5-3-2-4-6-19)13-17-11-20(24(25)26)12-18-14-29-15-30-22(17)18/h2-12H,13-15H2,1H3. The van der Waals surface area contributed by atoms with Gasteiger partial charge in [-0.15, -0.1) is 0 Å². The van der Waals surface area contributed by atoms with E-state index in [-0.39, 0.29) is 30.5 Å². The second-order valence-electron chi connectivity index (χ2n) is 7.12. The number of para-hydroxylation sites is 1. The quantitative estimate of drug-likeness (QED) is 0.421. The molecule has 0 radical (unpaired) electrons. The Kier molecular flexibility index (Phi) is 5.62. The summed E-state index contributed by atoms with van der Waals surface area (Å²) in [5, 5.41) is 11.4. The zero-order valence-corrected chi connectivity index (χ0v) is 17.5. The van der Waals surface area contributed by atoms with Gasteiger partial charge in [-0.3, -0.25) is 14.4 Å². The van der Waals surface area contributed by atoms with Gasteiger partial charge in [0.15, 0.2) is 6.79 Å². The molecule has 31 heavy (non-hydrogen) atoms. The van der Waals surface area contributed by atoms with Gasteiger partial charge in [-0.05, 0) is 31.2 Å². The van der Waals surface area contributed by atoms with Crippen LogP contribution in [0, 0.1) is 17.0 Å². The van der Waals surface area contributed by atoms with Crippen molar-refractivity contribution in [3.05, 3.63) is 93.5 Å². The Morgan fingerprint density at radius 1 is 1.06 bits per heavy atom. The van der Waals surface area contributed by atoms with Gasteiger partial charge in [0, 0.05) is 23.3 Å². The molecule has 0 saturated carbocycles. The number of hydrogen-bond acceptors (Lipinski definition) is 6. The third-order valence-corrected chi connectivity index (χ3v) is 6.74. The second kappa shape index (κ2) is 8.37. The van der Waals surface area contributed by atoms with E-state index >= 15 is 0 Å². The number of benzene rings is 3. The summed E-state index contributed by atoms with van der Waals surface area (Å²) >= 11 is 0. The van der Waals surface area contributed by atoms with E-state index in [1.54, 1.807) is 54.6 Å². The number of hydrogen-bond donors (Lipinski definition) is 0. The van der Waals surface area contributed by atoms with Crippen molar-refractivity contribution in [2.24, 2.45) is 0 Å². The smallest absolute Gasteiger partial charge is 0.270 e. The van der Waals surface area contributed by atoms with Crippen molar-refractivity contribution in [3.8, 4) is 5.75 Å². The molecule has 0 saturated heterocycles. The van der Waals surface area contributed by atoms with Crippen molar-refractivity contribution in [3.63, 3.8) is 0 Å². The maximum atomic E-state index is 13.6. The first-order valence-electron chi connectivity index (χ1n) is 9.51. The van der Waals surface area contributed by atoms with Gasteiger partial charge >= 0.3 is 0 Å². The van der Waals surface area contributed by atoms with Gasteiger partial charge in [0.05, 0.1) is 28.7 Å². The molecule has 4 rings (SSSR count). The molecular formula is C22H20N2O6S. The summed E-state index contributed by atoms with van der Waals surface area (Å²) in [6, 6.07) is 17.9. The van der Waals surface area contributed by atoms with Crippen LogP contribution in [0.5, 0.6) is 5.75 Å². The highest BCUT2D eigenvalue weighted by Gasteiger charge is 2.29. The van der Waals surface area contributed by atoms with E-state index in [2.05, 4.69) is 0 Å². The number of nitro benzene ring substituents is 1. The first kappa shape index (κ1) is 20.8. The van der Waals surface area contributed by atoms with Gasteiger partial charge in [-0.25, -0.2) is 8.42 Å². The van der Waals surface area contributed by atoms with Crippen molar-refractivity contribution in [1.82, 2.24) is 0 Å². The van der Waals surface area contributed by atoms with Crippen molar-refractivity contribution in [2.75, 3.05) is 11.1 Å². The van der Waals surface area contributed by atoms with Crippen LogP contribution in [0.2, 0.25) is 0 Å². The Balaban J connectivity index is 1.84. The number of nitrogens with zero attached hydrogens (tertiary/aromatic N) is 2. The van der Waals surface area contributed by atoms with Crippen molar-refractivity contribution in [2.45, 2.75) is 25.0 Å². The first-order chi connectivity index (χ1) is 14.9. The van der Waals surface area contributed by atoms with Gasteiger partial charge < -0.3 is 9.47 Å². The lowest BCUT2D eigenvalue weighted by molar-refractivity contribution is -0.385. The number of non-ortho nitro benzene ring substituents is 1. The Morgan fingerprint density at radius 3 is 2.45 bits per heavy atom. The number of aryl methyl sites for hydroxylation is 1. The minimum Gasteiger partial charge on any atom is -0.467 e. The van der Waals surface area contributed by atoms with Gasteiger partial charge in [0.25, 0.3) is 15.7 Å². The van der Waals surface area contributed by atoms with Crippen LogP contribution < -0.4 is 9.04 Å². The molecule has 160 valence electrons. The SMILES string of the molecule is Cc1ccc(S(=O)(=O)N(Cc2cc([N+](=O)[O-])cc3c2OCOC3)c2ccccc2)cc1. The average molecular weight is 440 g/mol. The fourth-order valence-corrected chi connectivity index (χ4v) is 4.85. The number of rotatable bonds is 6. The lowest BCUT2D eigenvalue weighted by Gasteiger charge is -2.27. The normalized spacial score (nSPS) is 13.2. The summed E-state index contributed by atoms with van der Waals surface area (Å²) in [6.45, 7) is 1.89. The summed E-state index contributed by atoms with van der Waals surface area (Å²) in [7, 11) is -3.95. The van der Waals surface area contributed by atoms with Crippen LogP contribution in [0.1, 0.15) is 16.7 Å². The fourth-order valence-electron chi connectivity index (χ4n) is 3.41. The molecule has 3 aromatic rings. The maximum Gasteiger partial charge on any atom is 0.270 e. The summed E-state index contributed by atoms with van der Waals surface area (Å²) in [5.41, 5.74) is 2.13. The van der Waals surface area contributed by atoms with E-state index < -0.39 is 14.9 Å². The minimum absolute atomic E-state index is 0.00609. The fraction of sp³-hybridized carbons (Fsp3) is 0.182. The van der Waals surface area contributed by atoms with E-state index in [0.29, 0.717) is 22.6 Å². The Bertz CT molecular complexity index is 1210. The topological polar surface area (TPSA) is 99.0 Å². The summed E-state index contributed by atoms with van der Waals surface area (Å²) in [4.78, 5) is 11.1. The minimum atomic E-state index is -3.95. The van der Waals surface area contributed by atoms with E-state index in [1.807, 2.05) is 6.92 Å². The molecule has 0 aliphatic carbocycles. The largest absolute Gasteiger partial charge is 0.467 e. The van der Waals surface area contributed by atoms with Crippen LogP contribution in [0.3, 0.4) is 0 Å². The molecule has 0 aromatic heterocycles. The van der Waals surface area contributed by atoms with Gasteiger partial charge in [0.1, 0.15) is 5.75 Å².